The first kappa shape index (κ1) is 15.5. The average molecular weight is 281 g/mol. The zero-order chi connectivity index (χ0) is 15.3. The van der Waals surface area contributed by atoms with Gasteiger partial charge < -0.3 is 20.3 Å². The van der Waals surface area contributed by atoms with E-state index < -0.39 is 30.3 Å². The van der Waals surface area contributed by atoms with Crippen molar-refractivity contribution in [2.24, 2.45) is 0 Å². The Bertz CT molecular complexity index is 540. The molecular formula is C13H15NO6. The first-order valence-corrected chi connectivity index (χ1v) is 5.75. The third-order valence-electron chi connectivity index (χ3n) is 2.60. The molecule has 3 N–H and O–H groups in total. The largest absolute Gasteiger partial charge is 0.507 e. The monoisotopic (exact) mass is 281 g/mol. The van der Waals surface area contributed by atoms with Gasteiger partial charge in [-0.3, -0.25) is 9.59 Å². The molecule has 1 aromatic rings. The summed E-state index contributed by atoms with van der Waals surface area (Å²) in [5.74, 6) is -3.17. The number of methoxy groups -OCH3 is 1. The Morgan fingerprint density at radius 2 is 2.00 bits per heavy atom. The molecule has 0 radical (unpaired) electrons. The summed E-state index contributed by atoms with van der Waals surface area (Å²) in [7, 11) is 1.12. The van der Waals surface area contributed by atoms with Crippen molar-refractivity contribution in [2.45, 2.75) is 19.4 Å². The Hall–Kier alpha value is -2.57. The molecular weight excluding hydrogens is 266 g/mol. The van der Waals surface area contributed by atoms with Crippen LogP contribution in [0.1, 0.15) is 22.3 Å². The number of ether oxygens (including phenoxy) is 1. The third kappa shape index (κ3) is 3.98. The van der Waals surface area contributed by atoms with E-state index in [4.69, 9.17) is 5.11 Å². The van der Waals surface area contributed by atoms with Crippen LogP contribution in [0.3, 0.4) is 0 Å². The highest BCUT2D eigenvalue weighted by molar-refractivity contribution is 5.99. The van der Waals surface area contributed by atoms with Crippen LogP contribution >= 0.6 is 0 Å². The highest BCUT2D eigenvalue weighted by Crippen LogP contribution is 2.18. The number of aryl methyl sites for hydroxylation is 1. The molecule has 0 fully saturated rings. The topological polar surface area (TPSA) is 113 Å². The van der Waals surface area contributed by atoms with Crippen LogP contribution in [0.15, 0.2) is 18.2 Å². The van der Waals surface area contributed by atoms with Gasteiger partial charge in [-0.25, -0.2) is 4.79 Å². The maximum absolute atomic E-state index is 11.9. The van der Waals surface area contributed by atoms with Gasteiger partial charge in [0, 0.05) is 0 Å². The lowest BCUT2D eigenvalue weighted by molar-refractivity contribution is -0.147. The van der Waals surface area contributed by atoms with Crippen LogP contribution in [0.4, 0.5) is 0 Å². The van der Waals surface area contributed by atoms with Gasteiger partial charge in [0.25, 0.3) is 5.91 Å². The highest BCUT2D eigenvalue weighted by atomic mass is 16.5. The number of rotatable bonds is 5. The van der Waals surface area contributed by atoms with Gasteiger partial charge >= 0.3 is 11.9 Å². The number of benzene rings is 1. The van der Waals surface area contributed by atoms with Crippen LogP contribution in [0, 0.1) is 6.92 Å². The minimum absolute atomic E-state index is 0.0545. The molecule has 108 valence electrons. The smallest absolute Gasteiger partial charge is 0.326 e. The molecule has 0 spiro atoms. The van der Waals surface area contributed by atoms with E-state index in [1.807, 2.05) is 0 Å². The molecule has 0 saturated carbocycles. The average Bonchev–Trinajstić information content (AvgIpc) is 2.40. The normalized spacial score (nSPS) is 11.5. The number of aromatic hydroxyl groups is 1. The third-order valence-corrected chi connectivity index (χ3v) is 2.60. The first-order valence-electron chi connectivity index (χ1n) is 5.75. The van der Waals surface area contributed by atoms with Crippen molar-refractivity contribution >= 4 is 17.8 Å². The molecule has 0 aliphatic heterocycles. The van der Waals surface area contributed by atoms with E-state index in [-0.39, 0.29) is 11.3 Å². The summed E-state index contributed by atoms with van der Waals surface area (Å²) in [4.78, 5) is 34.0. The molecule has 1 rings (SSSR count). The Labute approximate surface area is 115 Å². The molecule has 0 aliphatic rings. The summed E-state index contributed by atoms with van der Waals surface area (Å²) in [6.45, 7) is 1.72. The number of carboxylic acids is 1. The van der Waals surface area contributed by atoms with Crippen molar-refractivity contribution in [3.63, 3.8) is 0 Å². The predicted octanol–water partition coefficient (Wildman–Crippen LogP) is 0.447. The van der Waals surface area contributed by atoms with Crippen molar-refractivity contribution in [1.82, 2.24) is 5.32 Å². The Kier molecular flexibility index (Phi) is 5.08. The number of carbonyl (C=O) groups excluding carboxylic acids is 2. The molecule has 0 unspecified atom stereocenters. The molecule has 0 aliphatic carbocycles. The van der Waals surface area contributed by atoms with Gasteiger partial charge in [0.2, 0.25) is 0 Å². The number of phenolic OH excluding ortho intramolecular Hbond substituents is 1. The Morgan fingerprint density at radius 1 is 1.35 bits per heavy atom. The number of nitrogens with one attached hydrogen (secondary N) is 1. The van der Waals surface area contributed by atoms with Crippen LogP contribution in [0.2, 0.25) is 0 Å². The zero-order valence-corrected chi connectivity index (χ0v) is 11.0. The number of amides is 1. The number of esters is 1. The summed E-state index contributed by atoms with van der Waals surface area (Å²) in [6, 6.07) is 2.94. The quantitative estimate of drug-likeness (QED) is 0.675. The zero-order valence-electron chi connectivity index (χ0n) is 11.0. The van der Waals surface area contributed by atoms with Gasteiger partial charge in [0.1, 0.15) is 11.8 Å². The molecule has 1 aromatic carbocycles. The summed E-state index contributed by atoms with van der Waals surface area (Å²) in [5, 5.41) is 20.7. The van der Waals surface area contributed by atoms with Gasteiger partial charge in [-0.1, -0.05) is 11.6 Å². The lowest BCUT2D eigenvalue weighted by Gasteiger charge is -2.14. The van der Waals surface area contributed by atoms with Gasteiger partial charge in [0.05, 0.1) is 19.1 Å². The number of hydrogen-bond acceptors (Lipinski definition) is 5. The summed E-state index contributed by atoms with van der Waals surface area (Å²) >= 11 is 0. The fraction of sp³-hybridized carbons (Fsp3) is 0.308. The van der Waals surface area contributed by atoms with Crippen molar-refractivity contribution in [3.8, 4) is 5.75 Å². The lowest BCUT2D eigenvalue weighted by Crippen LogP contribution is -2.42. The summed E-state index contributed by atoms with van der Waals surface area (Å²) in [6.07, 6.45) is -0.496. The summed E-state index contributed by atoms with van der Waals surface area (Å²) in [5.41, 5.74) is 0.675. The molecule has 0 saturated heterocycles. The number of phenols is 1. The molecule has 0 bridgehead atoms. The second-order valence-corrected chi connectivity index (χ2v) is 4.17. The number of carboxylic acid groups (broad SMARTS) is 1. The van der Waals surface area contributed by atoms with E-state index in [9.17, 15) is 19.5 Å². The minimum atomic E-state index is -1.42. The van der Waals surface area contributed by atoms with E-state index in [1.165, 1.54) is 12.1 Å². The van der Waals surface area contributed by atoms with Gasteiger partial charge in [-0.2, -0.15) is 0 Å². The van der Waals surface area contributed by atoms with Crippen molar-refractivity contribution in [3.05, 3.63) is 29.3 Å². The first-order chi connectivity index (χ1) is 9.35. The van der Waals surface area contributed by atoms with Crippen LogP contribution in [-0.4, -0.2) is 41.2 Å². The summed E-state index contributed by atoms with van der Waals surface area (Å²) < 4.78 is 4.36. The molecule has 0 heterocycles. The predicted molar refractivity (Wildman–Crippen MR) is 68.4 cm³/mol. The number of carbonyl (C=O) groups is 3. The number of hydrogen-bond donors (Lipinski definition) is 3. The van der Waals surface area contributed by atoms with E-state index in [0.717, 1.165) is 12.7 Å². The van der Waals surface area contributed by atoms with Crippen molar-refractivity contribution in [1.29, 1.82) is 0 Å². The minimum Gasteiger partial charge on any atom is -0.507 e. The molecule has 0 aromatic heterocycles. The second-order valence-electron chi connectivity index (χ2n) is 4.17. The second kappa shape index (κ2) is 6.55. The Balaban J connectivity index is 2.88. The van der Waals surface area contributed by atoms with E-state index >= 15 is 0 Å². The molecule has 7 heteroatoms. The SMILES string of the molecule is COC(=O)C[C@H](NC(=O)c1cc(C)ccc1O)C(=O)O. The lowest BCUT2D eigenvalue weighted by atomic mass is 10.1. The fourth-order valence-electron chi connectivity index (χ4n) is 1.52. The van der Waals surface area contributed by atoms with Crippen LogP contribution in [-0.2, 0) is 14.3 Å². The van der Waals surface area contributed by atoms with E-state index in [2.05, 4.69) is 10.1 Å². The van der Waals surface area contributed by atoms with E-state index in [0.29, 0.717) is 0 Å². The van der Waals surface area contributed by atoms with Gasteiger partial charge in [0.15, 0.2) is 0 Å². The molecule has 20 heavy (non-hydrogen) atoms. The van der Waals surface area contributed by atoms with Crippen molar-refractivity contribution in [2.75, 3.05) is 7.11 Å². The number of aliphatic carboxylic acids is 1. The Morgan fingerprint density at radius 3 is 2.55 bits per heavy atom. The van der Waals surface area contributed by atoms with Crippen LogP contribution in [0.5, 0.6) is 5.75 Å². The molecule has 7 nitrogen and oxygen atoms in total. The maximum Gasteiger partial charge on any atom is 0.326 e. The fourth-order valence-corrected chi connectivity index (χ4v) is 1.52. The molecule has 1 amide bonds. The highest BCUT2D eigenvalue weighted by Gasteiger charge is 2.25. The van der Waals surface area contributed by atoms with Gasteiger partial charge in [-0.05, 0) is 19.1 Å². The van der Waals surface area contributed by atoms with E-state index in [1.54, 1.807) is 13.0 Å². The van der Waals surface area contributed by atoms with Gasteiger partial charge in [-0.15, -0.1) is 0 Å². The molecule has 1 atom stereocenters. The maximum atomic E-state index is 11.9. The standard InChI is InChI=1S/C13H15NO6/c1-7-3-4-10(15)8(5-7)12(17)14-9(13(18)19)6-11(16)20-2/h3-5,9,15H,6H2,1-2H3,(H,14,17)(H,18,19)/t9-/m0/s1. The van der Waals surface area contributed by atoms with Crippen LogP contribution in [0.25, 0.3) is 0 Å². The van der Waals surface area contributed by atoms with Crippen LogP contribution < -0.4 is 5.32 Å². The van der Waals surface area contributed by atoms with Crippen molar-refractivity contribution < 1.29 is 29.3 Å².